The third-order valence-electron chi connectivity index (χ3n) is 3.17. The Hall–Kier alpha value is -1.10. The number of nitrogens with zero attached hydrogens (tertiary/aromatic N) is 1. The van der Waals surface area contributed by atoms with E-state index in [2.05, 4.69) is 10.2 Å². The summed E-state index contributed by atoms with van der Waals surface area (Å²) in [7, 11) is 2.05. The molecule has 1 aromatic carbocycles. The minimum absolute atomic E-state index is 0.0438. The molecule has 104 valence electrons. The van der Waals surface area contributed by atoms with E-state index in [4.69, 9.17) is 16.3 Å². The van der Waals surface area contributed by atoms with Gasteiger partial charge in [-0.3, -0.25) is 4.79 Å². The van der Waals surface area contributed by atoms with E-state index in [9.17, 15) is 4.79 Å². The summed E-state index contributed by atoms with van der Waals surface area (Å²) in [6.45, 7) is 2.98. The molecule has 2 unspecified atom stereocenters. The third kappa shape index (κ3) is 4.20. The molecule has 0 bridgehead atoms. The van der Waals surface area contributed by atoms with Gasteiger partial charge in [0.25, 0.3) is 0 Å². The maximum absolute atomic E-state index is 12.0. The first-order chi connectivity index (χ1) is 9.16. The van der Waals surface area contributed by atoms with Crippen LogP contribution in [0.3, 0.4) is 0 Å². The zero-order chi connectivity index (χ0) is 13.7. The number of carbonyl (C=O) groups is 1. The first kappa shape index (κ1) is 14.3. The van der Waals surface area contributed by atoms with Crippen molar-refractivity contribution in [2.75, 3.05) is 33.3 Å². The molecule has 1 aromatic rings. The fraction of sp³-hybridized carbons (Fsp3) is 0.500. The highest BCUT2D eigenvalue weighted by Crippen LogP contribution is 2.19. The van der Waals surface area contributed by atoms with Gasteiger partial charge >= 0.3 is 0 Å². The lowest BCUT2D eigenvalue weighted by Gasteiger charge is -2.30. The van der Waals surface area contributed by atoms with Crippen LogP contribution in [0.2, 0.25) is 0 Å². The average molecular weight is 283 g/mol. The van der Waals surface area contributed by atoms with Gasteiger partial charge in [0.05, 0.1) is 12.7 Å². The Morgan fingerprint density at radius 3 is 2.95 bits per heavy atom. The molecule has 1 heterocycles. The van der Waals surface area contributed by atoms with Crippen molar-refractivity contribution in [2.45, 2.75) is 11.5 Å². The van der Waals surface area contributed by atoms with Gasteiger partial charge in [0, 0.05) is 19.6 Å². The summed E-state index contributed by atoms with van der Waals surface area (Å²) in [5.41, 5.74) is 0.809. The highest BCUT2D eigenvalue weighted by molar-refractivity contribution is 6.30. The zero-order valence-electron chi connectivity index (χ0n) is 11.0. The Morgan fingerprint density at radius 1 is 1.53 bits per heavy atom. The molecule has 4 nitrogen and oxygen atoms in total. The SMILES string of the molecule is CN1CCOC(CNC(=O)C(Cl)c2ccccc2)C1. The molecular formula is C14H19ClN2O2. The summed E-state index contributed by atoms with van der Waals surface area (Å²) < 4.78 is 5.58. The molecule has 0 spiro atoms. The van der Waals surface area contributed by atoms with Crippen LogP contribution in [0.1, 0.15) is 10.9 Å². The molecule has 0 radical (unpaired) electrons. The smallest absolute Gasteiger partial charge is 0.242 e. The van der Waals surface area contributed by atoms with Crippen molar-refractivity contribution in [1.82, 2.24) is 10.2 Å². The number of hydrogen-bond acceptors (Lipinski definition) is 3. The van der Waals surface area contributed by atoms with E-state index in [1.807, 2.05) is 37.4 Å². The van der Waals surface area contributed by atoms with Gasteiger partial charge < -0.3 is 15.0 Å². The lowest BCUT2D eigenvalue weighted by atomic mass is 10.1. The molecule has 5 heteroatoms. The Kier molecular flexibility index (Phi) is 5.19. The van der Waals surface area contributed by atoms with Crippen molar-refractivity contribution in [3.63, 3.8) is 0 Å². The molecule has 1 fully saturated rings. The number of morpholine rings is 1. The van der Waals surface area contributed by atoms with Crippen LogP contribution in [0.25, 0.3) is 0 Å². The molecule has 0 aliphatic carbocycles. The van der Waals surface area contributed by atoms with E-state index in [0.29, 0.717) is 13.2 Å². The standard InChI is InChI=1S/C14H19ClN2O2/c1-17-7-8-19-12(10-17)9-16-14(18)13(15)11-5-3-2-4-6-11/h2-6,12-13H,7-10H2,1H3,(H,16,18). The Labute approximate surface area is 118 Å². The van der Waals surface area contributed by atoms with Gasteiger partial charge in [0.15, 0.2) is 0 Å². The Bertz CT molecular complexity index is 413. The summed E-state index contributed by atoms with van der Waals surface area (Å²) in [5.74, 6) is -0.176. The molecule has 19 heavy (non-hydrogen) atoms. The number of amides is 1. The maximum atomic E-state index is 12.0. The number of carbonyl (C=O) groups excluding carboxylic acids is 1. The minimum atomic E-state index is -0.650. The van der Waals surface area contributed by atoms with Crippen molar-refractivity contribution in [3.8, 4) is 0 Å². The fourth-order valence-electron chi connectivity index (χ4n) is 2.07. The molecular weight excluding hydrogens is 264 g/mol. The van der Waals surface area contributed by atoms with E-state index in [1.165, 1.54) is 0 Å². The van der Waals surface area contributed by atoms with Crippen LogP contribution in [-0.4, -0.2) is 50.2 Å². The van der Waals surface area contributed by atoms with E-state index in [-0.39, 0.29) is 12.0 Å². The number of halogens is 1. The Balaban J connectivity index is 1.81. The van der Waals surface area contributed by atoms with Crippen molar-refractivity contribution in [1.29, 1.82) is 0 Å². The van der Waals surface area contributed by atoms with Crippen LogP contribution < -0.4 is 5.32 Å². The second kappa shape index (κ2) is 6.89. The highest BCUT2D eigenvalue weighted by atomic mass is 35.5. The minimum Gasteiger partial charge on any atom is -0.374 e. The molecule has 1 N–H and O–H groups in total. The molecule has 1 aliphatic rings. The predicted molar refractivity (Wildman–Crippen MR) is 75.3 cm³/mol. The van der Waals surface area contributed by atoms with Gasteiger partial charge in [-0.15, -0.1) is 11.6 Å². The predicted octanol–water partition coefficient (Wildman–Crippen LogP) is 1.41. The largest absolute Gasteiger partial charge is 0.374 e. The summed E-state index contributed by atoms with van der Waals surface area (Å²) in [4.78, 5) is 14.1. The summed E-state index contributed by atoms with van der Waals surface area (Å²) in [5, 5.41) is 2.20. The fourth-order valence-corrected chi connectivity index (χ4v) is 2.29. The van der Waals surface area contributed by atoms with E-state index in [1.54, 1.807) is 0 Å². The van der Waals surface area contributed by atoms with Crippen LogP contribution in [0.5, 0.6) is 0 Å². The van der Waals surface area contributed by atoms with Gasteiger partial charge in [-0.05, 0) is 12.6 Å². The monoisotopic (exact) mass is 282 g/mol. The second-order valence-corrected chi connectivity index (χ2v) is 5.21. The quantitative estimate of drug-likeness (QED) is 0.849. The molecule has 1 amide bonds. The lowest BCUT2D eigenvalue weighted by molar-refractivity contribution is -0.122. The van der Waals surface area contributed by atoms with Crippen LogP contribution >= 0.6 is 11.6 Å². The van der Waals surface area contributed by atoms with Gasteiger partial charge in [-0.1, -0.05) is 30.3 Å². The van der Waals surface area contributed by atoms with Crippen molar-refractivity contribution < 1.29 is 9.53 Å². The molecule has 1 saturated heterocycles. The normalized spacial score (nSPS) is 21.9. The van der Waals surface area contributed by atoms with Crippen LogP contribution in [-0.2, 0) is 9.53 Å². The number of benzene rings is 1. The molecule has 0 aromatic heterocycles. The molecule has 2 atom stereocenters. The first-order valence-electron chi connectivity index (χ1n) is 6.43. The lowest BCUT2D eigenvalue weighted by Crippen LogP contribution is -2.46. The van der Waals surface area contributed by atoms with E-state index < -0.39 is 5.38 Å². The summed E-state index contributed by atoms with van der Waals surface area (Å²) >= 11 is 6.14. The van der Waals surface area contributed by atoms with E-state index >= 15 is 0 Å². The number of ether oxygens (including phenoxy) is 1. The van der Waals surface area contributed by atoms with Crippen LogP contribution in [0, 0.1) is 0 Å². The van der Waals surface area contributed by atoms with Crippen molar-refractivity contribution in [2.24, 2.45) is 0 Å². The van der Waals surface area contributed by atoms with Gasteiger partial charge in [-0.25, -0.2) is 0 Å². The molecule has 0 saturated carbocycles. The number of rotatable bonds is 4. The van der Waals surface area contributed by atoms with E-state index in [0.717, 1.165) is 18.7 Å². The first-order valence-corrected chi connectivity index (χ1v) is 6.87. The van der Waals surface area contributed by atoms with Gasteiger partial charge in [0.2, 0.25) is 5.91 Å². The maximum Gasteiger partial charge on any atom is 0.242 e. The van der Waals surface area contributed by atoms with Gasteiger partial charge in [-0.2, -0.15) is 0 Å². The molecule has 1 aliphatic heterocycles. The van der Waals surface area contributed by atoms with Gasteiger partial charge in [0.1, 0.15) is 5.38 Å². The second-order valence-electron chi connectivity index (χ2n) is 4.77. The zero-order valence-corrected chi connectivity index (χ0v) is 11.8. The molecule has 2 rings (SSSR count). The number of hydrogen-bond donors (Lipinski definition) is 1. The van der Waals surface area contributed by atoms with Crippen molar-refractivity contribution >= 4 is 17.5 Å². The van der Waals surface area contributed by atoms with Crippen molar-refractivity contribution in [3.05, 3.63) is 35.9 Å². The number of nitrogens with one attached hydrogen (secondary N) is 1. The van der Waals surface area contributed by atoms with Crippen LogP contribution in [0.4, 0.5) is 0 Å². The third-order valence-corrected chi connectivity index (χ3v) is 3.62. The Morgan fingerprint density at radius 2 is 2.26 bits per heavy atom. The average Bonchev–Trinajstić information content (AvgIpc) is 2.45. The summed E-state index contributed by atoms with van der Waals surface area (Å²) in [6, 6.07) is 9.34. The number of likely N-dealkylation sites (N-methyl/N-ethyl adjacent to an activating group) is 1. The topological polar surface area (TPSA) is 41.6 Å². The summed E-state index contributed by atoms with van der Waals surface area (Å²) in [6.07, 6.45) is 0.0438. The highest BCUT2D eigenvalue weighted by Gasteiger charge is 2.21. The van der Waals surface area contributed by atoms with Crippen LogP contribution in [0.15, 0.2) is 30.3 Å². The number of alkyl halides is 1.